The quantitative estimate of drug-likeness (QED) is 0.661. The summed E-state index contributed by atoms with van der Waals surface area (Å²) in [6.07, 6.45) is 0.533. The topological polar surface area (TPSA) is 110 Å². The van der Waals surface area contributed by atoms with Crippen molar-refractivity contribution in [2.45, 2.75) is 18.9 Å². The molecule has 1 unspecified atom stereocenters. The van der Waals surface area contributed by atoms with Gasteiger partial charge in [-0.25, -0.2) is 14.0 Å². The fourth-order valence-electron chi connectivity index (χ4n) is 1.76. The molecule has 0 saturated carbocycles. The van der Waals surface area contributed by atoms with E-state index in [1.165, 1.54) is 6.92 Å². The van der Waals surface area contributed by atoms with Gasteiger partial charge in [-0.3, -0.25) is 0 Å². The van der Waals surface area contributed by atoms with Crippen LogP contribution in [0.25, 0.3) is 0 Å². The van der Waals surface area contributed by atoms with Crippen molar-refractivity contribution in [1.82, 2.24) is 0 Å². The maximum Gasteiger partial charge on any atom is 0.343 e. The minimum Gasteiger partial charge on any atom is -0.479 e. The molecule has 0 spiro atoms. The Hall–Kier alpha value is -1.73. The average Bonchev–Trinajstić information content (AvgIpc) is 2.30. The van der Waals surface area contributed by atoms with Crippen molar-refractivity contribution >= 4 is 11.9 Å². The van der Waals surface area contributed by atoms with Gasteiger partial charge in [0, 0.05) is 18.5 Å². The van der Waals surface area contributed by atoms with Gasteiger partial charge >= 0.3 is 11.9 Å². The third kappa shape index (κ3) is 2.41. The second-order valence-corrected chi connectivity index (χ2v) is 3.92. The molecular weight excluding hydrogens is 245 g/mol. The number of hydrogen-bond donors (Lipinski definition) is 3. The Morgan fingerprint density at radius 1 is 1.56 bits per heavy atom. The van der Waals surface area contributed by atoms with E-state index >= 15 is 0 Å². The van der Waals surface area contributed by atoms with E-state index in [0.717, 1.165) is 6.08 Å². The lowest BCUT2D eigenvalue weighted by Gasteiger charge is -2.31. The molecule has 0 radical (unpaired) electrons. The molecule has 0 aromatic heterocycles. The van der Waals surface area contributed by atoms with Crippen LogP contribution in [-0.4, -0.2) is 40.9 Å². The van der Waals surface area contributed by atoms with E-state index in [9.17, 15) is 14.0 Å². The van der Waals surface area contributed by atoms with Crippen molar-refractivity contribution in [1.29, 1.82) is 0 Å². The standard InChI is InChI=1S/C11H14FNO5/c1-6-4-7(9(14)15)5-11(8(6)12,10(16)17)18-3-2-13/h4H,2-3,5,13H2,1H3,(H,14,15)(H,16,17). The SMILES string of the molecule is CC1=C(F)C(OCCN)(C(=O)O)CC(C(=O)O)=C1. The Morgan fingerprint density at radius 3 is 2.61 bits per heavy atom. The van der Waals surface area contributed by atoms with E-state index in [-0.39, 0.29) is 24.3 Å². The molecule has 6 nitrogen and oxygen atoms in total. The summed E-state index contributed by atoms with van der Waals surface area (Å²) < 4.78 is 19.0. The lowest BCUT2D eigenvalue weighted by molar-refractivity contribution is -0.163. The van der Waals surface area contributed by atoms with Crippen LogP contribution in [0.5, 0.6) is 0 Å². The first kappa shape index (κ1) is 14.3. The fourth-order valence-corrected chi connectivity index (χ4v) is 1.76. The Kier molecular flexibility index (Phi) is 4.20. The molecule has 0 bridgehead atoms. The average molecular weight is 259 g/mol. The minimum atomic E-state index is -2.29. The van der Waals surface area contributed by atoms with Gasteiger partial charge in [0.2, 0.25) is 5.60 Å². The lowest BCUT2D eigenvalue weighted by atomic mass is 9.85. The van der Waals surface area contributed by atoms with E-state index < -0.39 is 29.8 Å². The molecule has 1 rings (SSSR count). The summed E-state index contributed by atoms with van der Waals surface area (Å²) in [7, 11) is 0. The third-order valence-corrected chi connectivity index (χ3v) is 2.62. The van der Waals surface area contributed by atoms with E-state index in [1.807, 2.05) is 0 Å². The predicted octanol–water partition coefficient (Wildman–Crippen LogP) is 0.443. The highest BCUT2D eigenvalue weighted by Crippen LogP contribution is 2.37. The molecule has 18 heavy (non-hydrogen) atoms. The summed E-state index contributed by atoms with van der Waals surface area (Å²) in [6.45, 7) is 1.12. The van der Waals surface area contributed by atoms with Gasteiger partial charge in [-0.2, -0.15) is 0 Å². The van der Waals surface area contributed by atoms with Crippen molar-refractivity contribution < 1.29 is 28.9 Å². The van der Waals surface area contributed by atoms with Crippen molar-refractivity contribution in [3.05, 3.63) is 23.0 Å². The number of carboxylic acids is 2. The Bertz CT molecular complexity index is 443. The summed E-state index contributed by atoms with van der Waals surface area (Å²) >= 11 is 0. The highest BCUT2D eigenvalue weighted by molar-refractivity contribution is 5.92. The van der Waals surface area contributed by atoms with Crippen molar-refractivity contribution in [2.75, 3.05) is 13.2 Å². The summed E-state index contributed by atoms with van der Waals surface area (Å²) in [4.78, 5) is 22.2. The first-order valence-electron chi connectivity index (χ1n) is 5.23. The van der Waals surface area contributed by atoms with E-state index in [0.29, 0.717) is 0 Å². The normalized spacial score (nSPS) is 23.8. The van der Waals surface area contributed by atoms with Crippen LogP contribution in [0.2, 0.25) is 0 Å². The zero-order valence-corrected chi connectivity index (χ0v) is 9.77. The second kappa shape index (κ2) is 5.28. The largest absolute Gasteiger partial charge is 0.479 e. The molecule has 7 heteroatoms. The molecule has 0 heterocycles. The van der Waals surface area contributed by atoms with E-state index in [4.69, 9.17) is 20.7 Å². The zero-order chi connectivity index (χ0) is 13.9. The number of halogens is 1. The molecular formula is C11H14FNO5. The predicted molar refractivity (Wildman–Crippen MR) is 59.5 cm³/mol. The highest BCUT2D eigenvalue weighted by Gasteiger charge is 2.49. The van der Waals surface area contributed by atoms with Gasteiger partial charge in [0.1, 0.15) is 5.83 Å². The van der Waals surface area contributed by atoms with Gasteiger partial charge < -0.3 is 20.7 Å². The number of carbonyl (C=O) groups is 2. The first-order valence-corrected chi connectivity index (χ1v) is 5.23. The van der Waals surface area contributed by atoms with Crippen LogP contribution in [0, 0.1) is 0 Å². The molecule has 0 aromatic carbocycles. The molecule has 0 saturated heterocycles. The Balaban J connectivity index is 3.24. The second-order valence-electron chi connectivity index (χ2n) is 3.92. The Morgan fingerprint density at radius 2 is 2.17 bits per heavy atom. The highest BCUT2D eigenvalue weighted by atomic mass is 19.1. The summed E-state index contributed by atoms with van der Waals surface area (Å²) in [5, 5.41) is 18.0. The first-order chi connectivity index (χ1) is 8.35. The van der Waals surface area contributed by atoms with Crippen molar-refractivity contribution in [3.63, 3.8) is 0 Å². The minimum absolute atomic E-state index is 0.00742. The molecule has 4 N–H and O–H groups in total. The Labute approximate surface area is 103 Å². The lowest BCUT2D eigenvalue weighted by Crippen LogP contribution is -2.46. The zero-order valence-electron chi connectivity index (χ0n) is 9.77. The molecule has 0 amide bonds. The maximum atomic E-state index is 14.0. The van der Waals surface area contributed by atoms with Crippen LogP contribution < -0.4 is 5.73 Å². The molecule has 1 aliphatic rings. The van der Waals surface area contributed by atoms with E-state index in [2.05, 4.69) is 0 Å². The number of ether oxygens (including phenoxy) is 1. The number of nitrogens with two attached hydrogens (primary N) is 1. The van der Waals surface area contributed by atoms with Crippen LogP contribution in [0.4, 0.5) is 4.39 Å². The van der Waals surface area contributed by atoms with Gasteiger partial charge in [0.05, 0.1) is 6.61 Å². The number of rotatable bonds is 5. The van der Waals surface area contributed by atoms with Gasteiger partial charge in [-0.1, -0.05) is 0 Å². The van der Waals surface area contributed by atoms with Crippen LogP contribution >= 0.6 is 0 Å². The maximum absolute atomic E-state index is 14.0. The van der Waals surface area contributed by atoms with E-state index in [1.54, 1.807) is 0 Å². The van der Waals surface area contributed by atoms with Gasteiger partial charge in [-0.05, 0) is 18.6 Å². The summed E-state index contributed by atoms with van der Waals surface area (Å²) in [5.74, 6) is -3.86. The molecule has 100 valence electrons. The molecule has 1 atom stereocenters. The molecule has 1 aliphatic carbocycles. The summed E-state index contributed by atoms with van der Waals surface area (Å²) in [5.41, 5.74) is 2.62. The molecule has 0 aliphatic heterocycles. The monoisotopic (exact) mass is 259 g/mol. The van der Waals surface area contributed by atoms with Crippen molar-refractivity contribution in [2.24, 2.45) is 5.73 Å². The van der Waals surface area contributed by atoms with Crippen LogP contribution in [-0.2, 0) is 14.3 Å². The van der Waals surface area contributed by atoms with Crippen molar-refractivity contribution in [3.8, 4) is 0 Å². The number of aliphatic carboxylic acids is 2. The number of carboxylic acid groups (broad SMARTS) is 2. The smallest absolute Gasteiger partial charge is 0.343 e. The van der Waals surface area contributed by atoms with Crippen LogP contribution in [0.1, 0.15) is 13.3 Å². The molecule has 0 fully saturated rings. The fraction of sp³-hybridized carbons (Fsp3) is 0.455. The van der Waals surface area contributed by atoms with Crippen LogP contribution in [0.15, 0.2) is 23.0 Å². The summed E-state index contributed by atoms with van der Waals surface area (Å²) in [6, 6.07) is 0. The van der Waals surface area contributed by atoms with Gasteiger partial charge in [0.15, 0.2) is 0 Å². The third-order valence-electron chi connectivity index (χ3n) is 2.62. The number of allylic oxidation sites excluding steroid dienone is 2. The number of hydrogen-bond acceptors (Lipinski definition) is 4. The van der Waals surface area contributed by atoms with Gasteiger partial charge in [-0.15, -0.1) is 0 Å². The van der Waals surface area contributed by atoms with Crippen LogP contribution in [0.3, 0.4) is 0 Å². The van der Waals surface area contributed by atoms with Gasteiger partial charge in [0.25, 0.3) is 0 Å². The molecule has 0 aromatic rings.